The topological polar surface area (TPSA) is 46.2 Å². The predicted molar refractivity (Wildman–Crippen MR) is 79.7 cm³/mol. The Hall–Kier alpha value is -0.860. The Labute approximate surface area is 117 Å². The Bertz CT molecular complexity index is 412. The van der Waals surface area contributed by atoms with Crippen LogP contribution in [-0.4, -0.2) is 11.7 Å². The fourth-order valence-electron chi connectivity index (χ4n) is 3.36. The Morgan fingerprint density at radius 1 is 1.11 bits per heavy atom. The summed E-state index contributed by atoms with van der Waals surface area (Å²) in [7, 11) is 0. The van der Waals surface area contributed by atoms with Crippen molar-refractivity contribution < 1.29 is 5.11 Å². The molecule has 2 nitrogen and oxygen atoms in total. The summed E-state index contributed by atoms with van der Waals surface area (Å²) in [6, 6.07) is 9.98. The molecule has 0 bridgehead atoms. The maximum absolute atomic E-state index is 11.2. The normalized spacial score (nSPS) is 24.7. The van der Waals surface area contributed by atoms with Crippen LogP contribution in [0.4, 0.5) is 0 Å². The van der Waals surface area contributed by atoms with Crippen LogP contribution in [0.25, 0.3) is 0 Å². The first kappa shape index (κ1) is 14.5. The van der Waals surface area contributed by atoms with Gasteiger partial charge >= 0.3 is 0 Å². The molecule has 3 N–H and O–H groups in total. The lowest BCUT2D eigenvalue weighted by Gasteiger charge is -2.51. The van der Waals surface area contributed by atoms with Crippen molar-refractivity contribution in [3.8, 4) is 0 Å². The average Bonchev–Trinajstić information content (AvgIpc) is 2.40. The van der Waals surface area contributed by atoms with E-state index in [0.29, 0.717) is 12.0 Å². The molecule has 1 fully saturated rings. The van der Waals surface area contributed by atoms with Crippen LogP contribution < -0.4 is 5.73 Å². The first-order chi connectivity index (χ1) is 8.83. The highest BCUT2D eigenvalue weighted by Crippen LogP contribution is 2.53. The number of nitrogens with two attached hydrogens (primary N) is 1. The van der Waals surface area contributed by atoms with E-state index in [-0.39, 0.29) is 5.41 Å². The molecule has 0 aromatic heterocycles. The van der Waals surface area contributed by atoms with E-state index < -0.39 is 5.60 Å². The van der Waals surface area contributed by atoms with Gasteiger partial charge < -0.3 is 10.8 Å². The van der Waals surface area contributed by atoms with Gasteiger partial charge in [-0.05, 0) is 43.6 Å². The lowest BCUT2D eigenvalue weighted by atomic mass is 9.57. The molecule has 0 aliphatic heterocycles. The zero-order chi connectivity index (χ0) is 14.1. The van der Waals surface area contributed by atoms with E-state index in [1.807, 2.05) is 37.3 Å². The van der Waals surface area contributed by atoms with Gasteiger partial charge in [0.25, 0.3) is 0 Å². The van der Waals surface area contributed by atoms with E-state index in [0.717, 1.165) is 31.2 Å². The van der Waals surface area contributed by atoms with Crippen LogP contribution in [0.5, 0.6) is 0 Å². The molecular formula is C17H27NO. The molecule has 1 unspecified atom stereocenters. The highest BCUT2D eigenvalue weighted by atomic mass is 16.3. The molecule has 0 spiro atoms. The second-order valence-electron chi connectivity index (χ2n) is 7.09. The molecule has 0 radical (unpaired) electrons. The minimum absolute atomic E-state index is 0.191. The summed E-state index contributed by atoms with van der Waals surface area (Å²) >= 11 is 0. The molecule has 1 aliphatic rings. The Morgan fingerprint density at radius 2 is 1.63 bits per heavy atom. The quantitative estimate of drug-likeness (QED) is 0.875. The van der Waals surface area contributed by atoms with Crippen molar-refractivity contribution in [3.63, 3.8) is 0 Å². The molecule has 1 aromatic rings. The molecule has 1 saturated carbocycles. The van der Waals surface area contributed by atoms with Crippen LogP contribution in [-0.2, 0) is 5.60 Å². The van der Waals surface area contributed by atoms with Crippen LogP contribution in [0.3, 0.4) is 0 Å². The number of aliphatic hydroxyl groups is 1. The largest absolute Gasteiger partial charge is 0.385 e. The van der Waals surface area contributed by atoms with Crippen molar-refractivity contribution in [1.29, 1.82) is 0 Å². The highest BCUT2D eigenvalue weighted by Gasteiger charge is 2.50. The Balaban J connectivity index is 2.31. The summed E-state index contributed by atoms with van der Waals surface area (Å²) in [5.74, 6) is 0. The van der Waals surface area contributed by atoms with Crippen LogP contribution in [0, 0.1) is 10.8 Å². The van der Waals surface area contributed by atoms with Crippen molar-refractivity contribution in [1.82, 2.24) is 0 Å². The third-order valence-electron chi connectivity index (χ3n) is 5.32. The summed E-state index contributed by atoms with van der Waals surface area (Å²) < 4.78 is 0. The molecule has 1 aromatic carbocycles. The van der Waals surface area contributed by atoms with Gasteiger partial charge in [-0.15, -0.1) is 0 Å². The molecule has 2 heteroatoms. The first-order valence-electron chi connectivity index (χ1n) is 7.31. The smallest absolute Gasteiger partial charge is 0.0936 e. The monoisotopic (exact) mass is 261 g/mol. The summed E-state index contributed by atoms with van der Waals surface area (Å²) in [4.78, 5) is 0. The number of hydrogen-bond acceptors (Lipinski definition) is 2. The molecule has 0 saturated heterocycles. The fourth-order valence-corrected chi connectivity index (χ4v) is 3.36. The SMILES string of the molecule is CC1(C)CCC(CN)(C(C)(O)c2ccccc2)CC1. The lowest BCUT2D eigenvalue weighted by molar-refractivity contribution is -0.105. The van der Waals surface area contributed by atoms with Gasteiger partial charge in [0.15, 0.2) is 0 Å². The lowest BCUT2D eigenvalue weighted by Crippen LogP contribution is -2.51. The molecule has 0 amide bonds. The molecule has 2 rings (SSSR count). The van der Waals surface area contributed by atoms with Crippen LogP contribution in [0.15, 0.2) is 30.3 Å². The summed E-state index contributed by atoms with van der Waals surface area (Å²) in [6.45, 7) is 7.10. The van der Waals surface area contributed by atoms with Crippen molar-refractivity contribution in [2.45, 2.75) is 52.1 Å². The fraction of sp³-hybridized carbons (Fsp3) is 0.647. The standard InChI is InChI=1S/C17H27NO/c1-15(2)9-11-17(13-18,12-10-15)16(3,19)14-7-5-4-6-8-14/h4-8,19H,9-13,18H2,1-3H3. The van der Waals surface area contributed by atoms with E-state index in [1.165, 1.54) is 0 Å². The van der Waals surface area contributed by atoms with Crippen molar-refractivity contribution in [2.75, 3.05) is 6.54 Å². The molecule has 1 atom stereocenters. The van der Waals surface area contributed by atoms with E-state index in [9.17, 15) is 5.11 Å². The minimum Gasteiger partial charge on any atom is -0.385 e. The summed E-state index contributed by atoms with van der Waals surface area (Å²) in [5, 5.41) is 11.2. The third-order valence-corrected chi connectivity index (χ3v) is 5.32. The van der Waals surface area contributed by atoms with Crippen LogP contribution in [0.2, 0.25) is 0 Å². The second-order valence-corrected chi connectivity index (χ2v) is 7.09. The van der Waals surface area contributed by atoms with Gasteiger partial charge in [-0.2, -0.15) is 0 Å². The Morgan fingerprint density at radius 3 is 2.11 bits per heavy atom. The van der Waals surface area contributed by atoms with E-state index in [4.69, 9.17) is 5.73 Å². The van der Waals surface area contributed by atoms with Crippen molar-refractivity contribution in [3.05, 3.63) is 35.9 Å². The number of hydrogen-bond donors (Lipinski definition) is 2. The van der Waals surface area contributed by atoms with Crippen molar-refractivity contribution in [2.24, 2.45) is 16.6 Å². The molecule has 19 heavy (non-hydrogen) atoms. The van der Waals surface area contributed by atoms with Crippen molar-refractivity contribution >= 4 is 0 Å². The van der Waals surface area contributed by atoms with Gasteiger partial charge in [0.1, 0.15) is 0 Å². The minimum atomic E-state index is -0.848. The maximum Gasteiger partial charge on any atom is 0.0936 e. The van der Waals surface area contributed by atoms with E-state index >= 15 is 0 Å². The molecule has 0 heterocycles. The number of rotatable bonds is 3. The molecule has 1 aliphatic carbocycles. The number of benzene rings is 1. The molecule has 106 valence electrons. The zero-order valence-corrected chi connectivity index (χ0v) is 12.4. The van der Waals surface area contributed by atoms with Gasteiger partial charge in [-0.25, -0.2) is 0 Å². The van der Waals surface area contributed by atoms with Gasteiger partial charge in [0, 0.05) is 12.0 Å². The van der Waals surface area contributed by atoms with Gasteiger partial charge in [0.2, 0.25) is 0 Å². The average molecular weight is 261 g/mol. The van der Waals surface area contributed by atoms with Gasteiger partial charge in [-0.3, -0.25) is 0 Å². The van der Waals surface area contributed by atoms with E-state index in [2.05, 4.69) is 13.8 Å². The zero-order valence-electron chi connectivity index (χ0n) is 12.4. The van der Waals surface area contributed by atoms with Crippen LogP contribution in [0.1, 0.15) is 52.0 Å². The third kappa shape index (κ3) is 2.56. The predicted octanol–water partition coefficient (Wildman–Crippen LogP) is 3.44. The van der Waals surface area contributed by atoms with Crippen LogP contribution >= 0.6 is 0 Å². The Kier molecular flexibility index (Phi) is 3.76. The maximum atomic E-state index is 11.2. The molecular weight excluding hydrogens is 234 g/mol. The first-order valence-corrected chi connectivity index (χ1v) is 7.31. The second kappa shape index (κ2) is 4.92. The van der Waals surface area contributed by atoms with E-state index in [1.54, 1.807) is 0 Å². The summed E-state index contributed by atoms with van der Waals surface area (Å²) in [6.07, 6.45) is 4.26. The van der Waals surface area contributed by atoms with Gasteiger partial charge in [0.05, 0.1) is 5.60 Å². The van der Waals surface area contributed by atoms with Gasteiger partial charge in [-0.1, -0.05) is 44.2 Å². The highest BCUT2D eigenvalue weighted by molar-refractivity contribution is 5.25. The summed E-state index contributed by atoms with van der Waals surface area (Å²) in [5.41, 5.74) is 6.42.